The molecule has 0 aliphatic carbocycles. The molecule has 3 aromatic rings. The fourth-order valence-corrected chi connectivity index (χ4v) is 6.78. The minimum Gasteiger partial charge on any atom is -0.464 e. The number of hydrogen-bond acceptors (Lipinski definition) is 7. The third-order valence-electron chi connectivity index (χ3n) is 5.45. The number of hydrazone groups is 1. The number of nitrogens with zero attached hydrogens (tertiary/aromatic N) is 3. The van der Waals surface area contributed by atoms with Crippen molar-refractivity contribution < 1.29 is 14.3 Å². The van der Waals surface area contributed by atoms with Gasteiger partial charge in [0.2, 0.25) is 9.37 Å². The molecule has 1 saturated heterocycles. The molecule has 0 saturated carbocycles. The van der Waals surface area contributed by atoms with Gasteiger partial charge in [0, 0.05) is 10.7 Å². The Morgan fingerprint density at radius 1 is 0.971 bits per heavy atom. The number of thioether (sulfide) groups is 2. The molecule has 0 radical (unpaired) electrons. The lowest BCUT2D eigenvalue weighted by molar-refractivity contribution is -0.132. The van der Waals surface area contributed by atoms with E-state index >= 15 is 0 Å². The number of para-hydroxylation sites is 1. The third kappa shape index (κ3) is 4.33. The maximum absolute atomic E-state index is 13.9. The molecule has 1 spiro atoms. The van der Waals surface area contributed by atoms with Gasteiger partial charge in [-0.3, -0.25) is 9.69 Å². The zero-order valence-corrected chi connectivity index (χ0v) is 21.2. The molecule has 1 atom stereocenters. The van der Waals surface area contributed by atoms with Gasteiger partial charge in [-0.1, -0.05) is 71.4 Å². The number of esters is 1. The summed E-state index contributed by atoms with van der Waals surface area (Å²) in [5.74, 6) is -0.752. The van der Waals surface area contributed by atoms with Gasteiger partial charge in [-0.25, -0.2) is 9.80 Å². The van der Waals surface area contributed by atoms with Crippen molar-refractivity contribution in [1.82, 2.24) is 0 Å². The van der Waals surface area contributed by atoms with Crippen LogP contribution in [0.1, 0.15) is 11.1 Å². The zero-order valence-electron chi connectivity index (χ0n) is 18.8. The molecule has 5 rings (SSSR count). The van der Waals surface area contributed by atoms with Gasteiger partial charge < -0.3 is 4.74 Å². The molecule has 1 unspecified atom stereocenters. The maximum Gasteiger partial charge on any atom is 0.365 e. The topological polar surface area (TPSA) is 62.2 Å². The van der Waals surface area contributed by atoms with Crippen LogP contribution in [0.2, 0.25) is 5.02 Å². The highest BCUT2D eigenvalue weighted by Gasteiger charge is 2.60. The number of carbonyl (C=O) groups excluding carboxylic acids is 2. The van der Waals surface area contributed by atoms with Crippen LogP contribution >= 0.6 is 35.1 Å². The van der Waals surface area contributed by atoms with Crippen molar-refractivity contribution in [2.75, 3.05) is 17.0 Å². The minimum absolute atomic E-state index is 0.153. The Morgan fingerprint density at radius 2 is 1.66 bits per heavy atom. The van der Waals surface area contributed by atoms with Gasteiger partial charge in [0.25, 0.3) is 5.91 Å². The van der Waals surface area contributed by atoms with Gasteiger partial charge in [0.05, 0.1) is 17.7 Å². The molecule has 0 N–H and O–H groups in total. The van der Waals surface area contributed by atoms with Crippen LogP contribution in [0, 0.1) is 6.92 Å². The van der Waals surface area contributed by atoms with Crippen LogP contribution in [-0.2, 0) is 14.3 Å². The molecule has 6 nitrogen and oxygen atoms in total. The van der Waals surface area contributed by atoms with Crippen LogP contribution in [-0.4, -0.2) is 28.4 Å². The Hall–Kier alpha value is -3.20. The number of aryl methyl sites for hydroxylation is 1. The van der Waals surface area contributed by atoms with Gasteiger partial charge in [-0.2, -0.15) is 5.10 Å². The first-order valence-electron chi connectivity index (χ1n) is 10.7. The van der Waals surface area contributed by atoms with Crippen molar-refractivity contribution in [2.24, 2.45) is 5.10 Å². The Balaban J connectivity index is 1.68. The fourth-order valence-electron chi connectivity index (χ4n) is 3.75. The Bertz CT molecular complexity index is 1340. The molecule has 0 bridgehead atoms. The average Bonchev–Trinajstić information content (AvgIpc) is 3.38. The van der Waals surface area contributed by atoms with Crippen LogP contribution in [0.3, 0.4) is 0 Å². The largest absolute Gasteiger partial charge is 0.464 e. The van der Waals surface area contributed by atoms with Gasteiger partial charge >= 0.3 is 5.97 Å². The number of amides is 1. The first-order chi connectivity index (χ1) is 16.9. The summed E-state index contributed by atoms with van der Waals surface area (Å²) in [6.07, 6.45) is 1.87. The maximum atomic E-state index is 13.9. The molecule has 2 heterocycles. The summed E-state index contributed by atoms with van der Waals surface area (Å²) < 4.78 is 3.86. The van der Waals surface area contributed by atoms with E-state index in [-0.39, 0.29) is 11.0 Å². The molecule has 2 aliphatic heterocycles. The monoisotopic (exact) mass is 521 g/mol. The lowest BCUT2D eigenvalue weighted by atomic mass is 10.1. The summed E-state index contributed by atoms with van der Waals surface area (Å²) in [5, 5.41) is 7.02. The van der Waals surface area contributed by atoms with Crippen molar-refractivity contribution in [2.45, 2.75) is 11.3 Å². The summed E-state index contributed by atoms with van der Waals surface area (Å²) in [6, 6.07) is 24.4. The van der Waals surface area contributed by atoms with E-state index < -0.39 is 10.3 Å². The van der Waals surface area contributed by atoms with Gasteiger partial charge in [0.15, 0.2) is 0 Å². The number of methoxy groups -OCH3 is 1. The quantitative estimate of drug-likeness (QED) is 0.304. The number of rotatable bonds is 4. The highest BCUT2D eigenvalue weighted by Crippen LogP contribution is 2.59. The van der Waals surface area contributed by atoms with Crippen molar-refractivity contribution >= 4 is 69.5 Å². The summed E-state index contributed by atoms with van der Waals surface area (Å²) in [5.41, 5.74) is 3.41. The molecule has 2 aliphatic rings. The van der Waals surface area contributed by atoms with Gasteiger partial charge in [-0.05, 0) is 66.7 Å². The highest BCUT2D eigenvalue weighted by molar-refractivity contribution is 8.29. The molecule has 35 heavy (non-hydrogen) atoms. The number of carbonyl (C=O) groups is 2. The first kappa shape index (κ1) is 23.5. The number of halogens is 1. The molecular formula is C26H20ClN3O3S2. The lowest BCUT2D eigenvalue weighted by Gasteiger charge is -2.38. The Kier molecular flexibility index (Phi) is 6.35. The van der Waals surface area contributed by atoms with Crippen LogP contribution in [0.5, 0.6) is 0 Å². The lowest BCUT2D eigenvalue weighted by Crippen LogP contribution is -2.51. The van der Waals surface area contributed by atoms with Gasteiger partial charge in [-0.15, -0.1) is 0 Å². The normalized spacial score (nSPS) is 20.6. The zero-order chi connectivity index (χ0) is 24.6. The first-order valence-corrected chi connectivity index (χ1v) is 12.7. The SMILES string of the molecule is COC(=O)C1=NN(c2ccc(Cl)cc2)C2(S1)S/C(=C\c1ccc(C)cc1)C(=O)N2c1ccccc1. The van der Waals surface area contributed by atoms with E-state index in [9.17, 15) is 9.59 Å². The second-order valence-corrected chi connectivity index (χ2v) is 10.9. The number of benzene rings is 3. The highest BCUT2D eigenvalue weighted by atomic mass is 35.5. The van der Waals surface area contributed by atoms with Crippen LogP contribution in [0.4, 0.5) is 11.4 Å². The molecule has 0 aromatic heterocycles. The van der Waals surface area contributed by atoms with E-state index in [1.807, 2.05) is 79.7 Å². The smallest absolute Gasteiger partial charge is 0.365 e. The molecular weight excluding hydrogens is 502 g/mol. The summed E-state index contributed by atoms with van der Waals surface area (Å²) in [6.45, 7) is 2.02. The second-order valence-electron chi connectivity index (χ2n) is 7.83. The van der Waals surface area contributed by atoms with E-state index in [2.05, 4.69) is 5.10 Å². The minimum atomic E-state index is -1.12. The summed E-state index contributed by atoms with van der Waals surface area (Å²) in [7, 11) is 1.31. The van der Waals surface area contributed by atoms with Crippen molar-refractivity contribution in [3.05, 3.63) is 99.9 Å². The Morgan fingerprint density at radius 3 is 2.31 bits per heavy atom. The average molecular weight is 522 g/mol. The van der Waals surface area contributed by atoms with Gasteiger partial charge in [0.1, 0.15) is 0 Å². The fraction of sp³-hybridized carbons (Fsp3) is 0.115. The molecule has 1 fully saturated rings. The second kappa shape index (κ2) is 9.45. The van der Waals surface area contributed by atoms with E-state index in [0.717, 1.165) is 11.1 Å². The predicted molar refractivity (Wildman–Crippen MR) is 144 cm³/mol. The van der Waals surface area contributed by atoms with Crippen LogP contribution in [0.25, 0.3) is 6.08 Å². The van der Waals surface area contributed by atoms with Crippen LogP contribution < -0.4 is 9.91 Å². The predicted octanol–water partition coefficient (Wildman–Crippen LogP) is 6.12. The number of hydrogen-bond donors (Lipinski definition) is 0. The van der Waals surface area contributed by atoms with E-state index in [1.165, 1.54) is 30.6 Å². The van der Waals surface area contributed by atoms with Crippen molar-refractivity contribution in [3.63, 3.8) is 0 Å². The molecule has 1 amide bonds. The number of ether oxygens (including phenoxy) is 1. The van der Waals surface area contributed by atoms with Crippen LogP contribution in [0.15, 0.2) is 88.9 Å². The summed E-state index contributed by atoms with van der Waals surface area (Å²) in [4.78, 5) is 28.7. The molecule has 9 heteroatoms. The Labute approximate surface area is 216 Å². The summed E-state index contributed by atoms with van der Waals surface area (Å²) >= 11 is 8.65. The standard InChI is InChI=1S/C26H20ClN3O3S2/c1-17-8-10-18(11-9-17)16-22-24(31)29(20-6-4-3-5-7-20)26(34-22)30(21-14-12-19(27)13-15-21)28-23(35-26)25(32)33-2/h3-16H,1-2H3/b22-16-. The third-order valence-corrected chi connectivity index (χ3v) is 8.40. The molecule has 3 aromatic carbocycles. The van der Waals surface area contributed by atoms with E-state index in [0.29, 0.717) is 21.3 Å². The van der Waals surface area contributed by atoms with E-state index in [1.54, 1.807) is 22.0 Å². The van der Waals surface area contributed by atoms with E-state index in [4.69, 9.17) is 16.3 Å². The van der Waals surface area contributed by atoms with Crippen molar-refractivity contribution in [3.8, 4) is 0 Å². The van der Waals surface area contributed by atoms with Crippen molar-refractivity contribution in [1.29, 1.82) is 0 Å². The number of anilines is 2. The molecule has 176 valence electrons.